The molecule has 1 N–H and O–H groups in total. The monoisotopic (exact) mass is 686 g/mol. The Bertz CT molecular complexity index is 1580. The van der Waals surface area contributed by atoms with E-state index < -0.39 is 12.2 Å². The van der Waals surface area contributed by atoms with Crippen LogP contribution in [0.15, 0.2) is 36.4 Å². The summed E-state index contributed by atoms with van der Waals surface area (Å²) in [5.74, 6) is 2.00. The van der Waals surface area contributed by atoms with Crippen LogP contribution in [0.2, 0.25) is 0 Å². The first-order valence-corrected chi connectivity index (χ1v) is 18.6. The lowest BCUT2D eigenvalue weighted by Crippen LogP contribution is -2.62. The van der Waals surface area contributed by atoms with E-state index in [2.05, 4.69) is 21.2 Å². The highest BCUT2D eigenvalue weighted by Gasteiger charge is 2.40. The predicted octanol–water partition coefficient (Wildman–Crippen LogP) is 3.61. The molecule has 12 heteroatoms. The summed E-state index contributed by atoms with van der Waals surface area (Å²) in [6, 6.07) is 12.4. The Hall–Kier alpha value is -4.03. The van der Waals surface area contributed by atoms with Crippen molar-refractivity contribution in [3.63, 3.8) is 0 Å². The molecule has 0 spiro atoms. The minimum atomic E-state index is -0.958. The van der Waals surface area contributed by atoms with Gasteiger partial charge in [-0.3, -0.25) is 9.69 Å². The fourth-order valence-electron chi connectivity index (χ4n) is 9.03. The van der Waals surface area contributed by atoms with E-state index in [9.17, 15) is 14.4 Å². The van der Waals surface area contributed by atoms with E-state index in [4.69, 9.17) is 14.2 Å². The zero-order chi connectivity index (χ0) is 34.2. The van der Waals surface area contributed by atoms with Gasteiger partial charge in [-0.05, 0) is 86.9 Å². The average molecular weight is 687 g/mol. The van der Waals surface area contributed by atoms with Crippen LogP contribution in [0.1, 0.15) is 42.4 Å². The van der Waals surface area contributed by atoms with E-state index in [-0.39, 0.29) is 24.4 Å². The molecule has 2 atom stereocenters. The highest BCUT2D eigenvalue weighted by Crippen LogP contribution is 2.36. The topological polar surface area (TPSA) is 107 Å². The van der Waals surface area contributed by atoms with E-state index in [1.54, 1.807) is 4.90 Å². The molecule has 7 heterocycles. The molecule has 2 aromatic rings. The number of hydrogen-bond acceptors (Lipinski definition) is 8. The minimum Gasteiger partial charge on any atom is -0.486 e. The fourth-order valence-corrected chi connectivity index (χ4v) is 9.03. The molecular weight excluding hydrogens is 636 g/mol. The first-order chi connectivity index (χ1) is 24.4. The van der Waals surface area contributed by atoms with Crippen molar-refractivity contribution in [1.29, 1.82) is 0 Å². The van der Waals surface area contributed by atoms with Gasteiger partial charge in [0.1, 0.15) is 13.2 Å². The number of nitrogens with zero attached hydrogens (tertiary/aromatic N) is 5. The molecule has 50 heavy (non-hydrogen) atoms. The molecule has 5 saturated heterocycles. The van der Waals surface area contributed by atoms with Crippen LogP contribution in [0.3, 0.4) is 0 Å². The number of piperidine rings is 4. The largest absolute Gasteiger partial charge is 0.486 e. The number of amides is 4. The standard InChI is InChI=1S/C38H50N6O6/c1-26-22-27(23-33-35(26)49-21-20-48-33)24-34(36(45)42-18-16-41(17-19-42)32-25-40-11-6-29(32)7-12-40)50-38(47)43-13-9-30(10-14-43)44-15-8-28-4-2-3-5-31(28)39-37(44)46/h2-5,22-23,29-30,32,34H,6-21,24-25H2,1H3,(H,39,46)/t32-,34?/m0/s1. The van der Waals surface area contributed by atoms with Gasteiger partial charge >= 0.3 is 12.1 Å². The smallest absolute Gasteiger partial charge is 0.410 e. The predicted molar refractivity (Wildman–Crippen MR) is 188 cm³/mol. The molecular formula is C38H50N6O6. The van der Waals surface area contributed by atoms with Crippen LogP contribution < -0.4 is 14.8 Å². The van der Waals surface area contributed by atoms with Gasteiger partial charge in [0.05, 0.1) is 0 Å². The summed E-state index contributed by atoms with van der Waals surface area (Å²) in [5, 5.41) is 3.07. The molecule has 5 fully saturated rings. The highest BCUT2D eigenvalue weighted by molar-refractivity contribution is 5.91. The van der Waals surface area contributed by atoms with E-state index in [0.29, 0.717) is 70.6 Å². The van der Waals surface area contributed by atoms with Gasteiger partial charge in [0.2, 0.25) is 0 Å². The van der Waals surface area contributed by atoms with Gasteiger partial charge in [0.15, 0.2) is 17.6 Å². The van der Waals surface area contributed by atoms with Crippen molar-refractivity contribution < 1.29 is 28.6 Å². The van der Waals surface area contributed by atoms with Crippen molar-refractivity contribution in [3.8, 4) is 11.5 Å². The summed E-state index contributed by atoms with van der Waals surface area (Å²) in [5.41, 5.74) is 3.80. The quantitative estimate of drug-likeness (QED) is 0.492. The Labute approximate surface area is 294 Å². The Morgan fingerprint density at radius 3 is 2.42 bits per heavy atom. The number of para-hydroxylation sites is 1. The number of piperazine rings is 1. The van der Waals surface area contributed by atoms with Crippen LogP contribution in [0.4, 0.5) is 15.3 Å². The number of urea groups is 1. The maximum absolute atomic E-state index is 14.2. The lowest BCUT2D eigenvalue weighted by molar-refractivity contribution is -0.143. The SMILES string of the molecule is Cc1cc(CC(OC(=O)N2CCC(N3CCc4ccccc4NC3=O)CC2)C(=O)N2CCN([C@H]3CN4CCC3CC4)CC2)cc2c1OCCO2. The summed E-state index contributed by atoms with van der Waals surface area (Å²) in [6.07, 6.45) is 3.46. The Kier molecular flexibility index (Phi) is 9.48. The van der Waals surface area contributed by atoms with Gasteiger partial charge < -0.3 is 39.1 Å². The van der Waals surface area contributed by atoms with Gasteiger partial charge in [-0.25, -0.2) is 9.59 Å². The zero-order valence-electron chi connectivity index (χ0n) is 29.2. The molecule has 2 aromatic carbocycles. The number of aryl methyl sites for hydroxylation is 1. The Morgan fingerprint density at radius 2 is 1.66 bits per heavy atom. The minimum absolute atomic E-state index is 0.0268. The third-order valence-electron chi connectivity index (χ3n) is 11.8. The van der Waals surface area contributed by atoms with Crippen molar-refractivity contribution in [2.24, 2.45) is 5.92 Å². The molecule has 1 unspecified atom stereocenters. The number of carbonyl (C=O) groups is 3. The number of anilines is 1. The Balaban J connectivity index is 0.922. The number of fused-ring (bicyclic) bond motifs is 5. The van der Waals surface area contributed by atoms with E-state index in [1.165, 1.54) is 25.9 Å². The van der Waals surface area contributed by atoms with E-state index in [0.717, 1.165) is 60.1 Å². The van der Waals surface area contributed by atoms with Gasteiger partial charge in [-0.2, -0.15) is 0 Å². The first-order valence-electron chi connectivity index (χ1n) is 18.6. The molecule has 2 bridgehead atoms. The van der Waals surface area contributed by atoms with Crippen molar-refractivity contribution in [2.75, 3.05) is 84.0 Å². The summed E-state index contributed by atoms with van der Waals surface area (Å²) in [4.78, 5) is 51.8. The van der Waals surface area contributed by atoms with E-state index in [1.807, 2.05) is 47.1 Å². The molecule has 9 rings (SSSR count). The van der Waals surface area contributed by atoms with Gasteiger partial charge in [0.25, 0.3) is 5.91 Å². The van der Waals surface area contributed by atoms with Crippen molar-refractivity contribution in [3.05, 3.63) is 53.1 Å². The van der Waals surface area contributed by atoms with Gasteiger partial charge in [0, 0.05) is 76.5 Å². The molecule has 4 amide bonds. The maximum atomic E-state index is 14.2. The molecule has 268 valence electrons. The fraction of sp³-hybridized carbons (Fsp3) is 0.605. The number of benzene rings is 2. The first kappa shape index (κ1) is 33.1. The second kappa shape index (κ2) is 14.3. The summed E-state index contributed by atoms with van der Waals surface area (Å²) >= 11 is 0. The zero-order valence-corrected chi connectivity index (χ0v) is 29.2. The number of hydrogen-bond donors (Lipinski definition) is 1. The van der Waals surface area contributed by atoms with Crippen LogP contribution in [0.25, 0.3) is 0 Å². The molecule has 0 aromatic heterocycles. The number of nitrogens with one attached hydrogen (secondary N) is 1. The van der Waals surface area contributed by atoms with Crippen LogP contribution in [0, 0.1) is 12.8 Å². The molecule has 0 saturated carbocycles. The summed E-state index contributed by atoms with van der Waals surface area (Å²) < 4.78 is 17.9. The maximum Gasteiger partial charge on any atom is 0.410 e. The third kappa shape index (κ3) is 6.84. The van der Waals surface area contributed by atoms with Crippen molar-refractivity contribution >= 4 is 23.7 Å². The highest BCUT2D eigenvalue weighted by atomic mass is 16.6. The molecule has 0 radical (unpaired) electrons. The van der Waals surface area contributed by atoms with Crippen molar-refractivity contribution in [2.45, 2.75) is 63.6 Å². The van der Waals surface area contributed by atoms with Crippen LogP contribution in [-0.2, 0) is 22.4 Å². The lowest BCUT2D eigenvalue weighted by Gasteiger charge is -2.51. The normalized spacial score (nSPS) is 26.1. The number of likely N-dealkylation sites (tertiary alicyclic amines) is 1. The summed E-state index contributed by atoms with van der Waals surface area (Å²) in [7, 11) is 0. The van der Waals surface area contributed by atoms with Crippen LogP contribution in [-0.4, -0.2) is 139 Å². The molecule has 0 aliphatic carbocycles. The van der Waals surface area contributed by atoms with E-state index >= 15 is 0 Å². The second-order valence-corrected chi connectivity index (χ2v) is 14.8. The molecule has 12 nitrogen and oxygen atoms in total. The summed E-state index contributed by atoms with van der Waals surface area (Å²) in [6.45, 7) is 11.0. The number of rotatable bonds is 6. The van der Waals surface area contributed by atoms with Gasteiger partial charge in [-0.15, -0.1) is 0 Å². The average Bonchev–Trinajstić information content (AvgIpc) is 3.33. The van der Waals surface area contributed by atoms with Crippen molar-refractivity contribution in [1.82, 2.24) is 24.5 Å². The van der Waals surface area contributed by atoms with Crippen LogP contribution in [0.5, 0.6) is 11.5 Å². The second-order valence-electron chi connectivity index (χ2n) is 14.8. The number of carbonyl (C=O) groups excluding carboxylic acids is 3. The van der Waals surface area contributed by atoms with Crippen LogP contribution >= 0.6 is 0 Å². The Morgan fingerprint density at radius 1 is 0.900 bits per heavy atom. The molecule has 7 aliphatic heterocycles. The van der Waals surface area contributed by atoms with Gasteiger partial charge in [-0.1, -0.05) is 24.3 Å². The molecule has 7 aliphatic rings. The third-order valence-corrected chi connectivity index (χ3v) is 11.8. The number of ether oxygens (including phenoxy) is 3. The lowest BCUT2D eigenvalue weighted by atomic mass is 9.83.